The van der Waals surface area contributed by atoms with Gasteiger partial charge >= 0.3 is 0 Å². The first-order chi connectivity index (χ1) is 7.96. The Balaban J connectivity index is 2.59. The monoisotopic (exact) mass is 241 g/mol. The van der Waals surface area contributed by atoms with Gasteiger partial charge in [-0.3, -0.25) is 9.69 Å². The number of likely N-dealkylation sites (N-methyl/N-ethyl adjacent to an activating group) is 2. The second-order valence-electron chi connectivity index (χ2n) is 5.29. The molecule has 17 heavy (non-hydrogen) atoms. The van der Waals surface area contributed by atoms with Crippen LogP contribution in [0.1, 0.15) is 34.1 Å². The minimum Gasteiger partial charge on any atom is -0.339 e. The molecule has 1 aliphatic heterocycles. The standard InChI is InChI=1S/C13H27N3O/c1-6-15(7-2)11-8-9-16(10-11)12(17)13(3,4)14-5/h11,14H,6-10H2,1-5H3. The molecule has 0 bridgehead atoms. The molecule has 0 aromatic carbocycles. The Labute approximate surface area is 105 Å². The first-order valence-corrected chi connectivity index (χ1v) is 6.68. The minimum absolute atomic E-state index is 0.217. The molecule has 0 spiro atoms. The van der Waals surface area contributed by atoms with Gasteiger partial charge in [-0.1, -0.05) is 13.8 Å². The van der Waals surface area contributed by atoms with Crippen molar-refractivity contribution < 1.29 is 4.79 Å². The zero-order valence-electron chi connectivity index (χ0n) is 11.9. The summed E-state index contributed by atoms with van der Waals surface area (Å²) in [6.45, 7) is 12.2. The van der Waals surface area contributed by atoms with E-state index in [-0.39, 0.29) is 5.91 Å². The van der Waals surface area contributed by atoms with Gasteiger partial charge in [0, 0.05) is 19.1 Å². The summed E-state index contributed by atoms with van der Waals surface area (Å²) in [4.78, 5) is 16.7. The van der Waals surface area contributed by atoms with Crippen molar-refractivity contribution in [2.45, 2.75) is 45.7 Å². The minimum atomic E-state index is -0.446. The van der Waals surface area contributed by atoms with Gasteiger partial charge in [-0.15, -0.1) is 0 Å². The van der Waals surface area contributed by atoms with Crippen molar-refractivity contribution in [2.75, 3.05) is 33.2 Å². The Hall–Kier alpha value is -0.610. The van der Waals surface area contributed by atoms with E-state index in [1.165, 1.54) is 0 Å². The van der Waals surface area contributed by atoms with Crippen molar-refractivity contribution in [3.05, 3.63) is 0 Å². The molecule has 1 N–H and O–H groups in total. The van der Waals surface area contributed by atoms with Crippen molar-refractivity contribution >= 4 is 5.91 Å². The molecular formula is C13H27N3O. The highest BCUT2D eigenvalue weighted by Gasteiger charge is 2.35. The number of hydrogen-bond donors (Lipinski definition) is 1. The topological polar surface area (TPSA) is 35.6 Å². The molecule has 1 amide bonds. The highest BCUT2D eigenvalue weighted by molar-refractivity contribution is 5.85. The lowest BCUT2D eigenvalue weighted by atomic mass is 10.0. The third kappa shape index (κ3) is 3.19. The van der Waals surface area contributed by atoms with Gasteiger partial charge in [0.1, 0.15) is 0 Å². The molecule has 1 saturated heterocycles. The summed E-state index contributed by atoms with van der Waals surface area (Å²) in [5.41, 5.74) is -0.446. The maximum atomic E-state index is 12.3. The van der Waals surface area contributed by atoms with Crippen LogP contribution in [0.15, 0.2) is 0 Å². The molecule has 1 rings (SSSR count). The molecule has 0 aliphatic carbocycles. The molecule has 0 saturated carbocycles. The van der Waals surface area contributed by atoms with Crippen LogP contribution in [0, 0.1) is 0 Å². The summed E-state index contributed by atoms with van der Waals surface area (Å²) < 4.78 is 0. The van der Waals surface area contributed by atoms with E-state index in [4.69, 9.17) is 0 Å². The second-order valence-corrected chi connectivity index (χ2v) is 5.29. The summed E-state index contributed by atoms with van der Waals surface area (Å²) in [7, 11) is 1.84. The quantitative estimate of drug-likeness (QED) is 0.778. The van der Waals surface area contributed by atoms with Gasteiger partial charge in [0.2, 0.25) is 5.91 Å². The van der Waals surface area contributed by atoms with E-state index < -0.39 is 5.54 Å². The summed E-state index contributed by atoms with van der Waals surface area (Å²) in [5, 5.41) is 3.09. The average Bonchev–Trinajstić information content (AvgIpc) is 2.79. The summed E-state index contributed by atoms with van der Waals surface area (Å²) in [6, 6.07) is 0.543. The first-order valence-electron chi connectivity index (χ1n) is 6.68. The summed E-state index contributed by atoms with van der Waals surface area (Å²) in [6.07, 6.45) is 1.10. The molecule has 0 aromatic rings. The van der Waals surface area contributed by atoms with Crippen molar-refractivity contribution in [1.82, 2.24) is 15.1 Å². The zero-order valence-corrected chi connectivity index (χ0v) is 11.9. The van der Waals surface area contributed by atoms with E-state index >= 15 is 0 Å². The van der Waals surface area contributed by atoms with Crippen LogP contribution in [-0.2, 0) is 4.79 Å². The summed E-state index contributed by atoms with van der Waals surface area (Å²) in [5.74, 6) is 0.217. The van der Waals surface area contributed by atoms with Gasteiger partial charge in [0.05, 0.1) is 5.54 Å². The Morgan fingerprint density at radius 3 is 2.47 bits per heavy atom. The van der Waals surface area contributed by atoms with Gasteiger partial charge in [-0.2, -0.15) is 0 Å². The Morgan fingerprint density at radius 2 is 2.00 bits per heavy atom. The van der Waals surface area contributed by atoms with Crippen LogP contribution >= 0.6 is 0 Å². The lowest BCUT2D eigenvalue weighted by molar-refractivity contribution is -0.136. The van der Waals surface area contributed by atoms with Gasteiger partial charge in [0.15, 0.2) is 0 Å². The third-order valence-corrected chi connectivity index (χ3v) is 3.94. The number of amides is 1. The predicted octanol–water partition coefficient (Wildman–Crippen LogP) is 0.927. The van der Waals surface area contributed by atoms with Crippen molar-refractivity contribution in [1.29, 1.82) is 0 Å². The number of likely N-dealkylation sites (tertiary alicyclic amines) is 1. The van der Waals surface area contributed by atoms with Gasteiger partial charge < -0.3 is 10.2 Å². The second kappa shape index (κ2) is 5.83. The highest BCUT2D eigenvalue weighted by Crippen LogP contribution is 2.18. The molecule has 4 nitrogen and oxygen atoms in total. The van der Waals surface area contributed by atoms with Gasteiger partial charge in [0.25, 0.3) is 0 Å². The predicted molar refractivity (Wildman–Crippen MR) is 71.0 cm³/mol. The lowest BCUT2D eigenvalue weighted by Crippen LogP contribution is -2.52. The number of nitrogens with one attached hydrogen (secondary N) is 1. The van der Waals surface area contributed by atoms with Gasteiger partial charge in [-0.05, 0) is 40.4 Å². The Bertz CT molecular complexity index is 261. The first kappa shape index (κ1) is 14.5. The molecule has 100 valence electrons. The fourth-order valence-electron chi connectivity index (χ4n) is 2.47. The molecule has 0 radical (unpaired) electrons. The van der Waals surface area contributed by atoms with E-state index in [0.29, 0.717) is 6.04 Å². The van der Waals surface area contributed by atoms with Crippen molar-refractivity contribution in [2.24, 2.45) is 0 Å². The van der Waals surface area contributed by atoms with Crippen LogP contribution in [0.25, 0.3) is 0 Å². The molecule has 0 aromatic heterocycles. The van der Waals surface area contributed by atoms with E-state index in [9.17, 15) is 4.79 Å². The number of hydrogen-bond acceptors (Lipinski definition) is 3. The zero-order chi connectivity index (χ0) is 13.1. The van der Waals surface area contributed by atoms with Crippen LogP contribution in [-0.4, -0.2) is 60.5 Å². The number of carbonyl (C=O) groups excluding carboxylic acids is 1. The van der Waals surface area contributed by atoms with Crippen molar-refractivity contribution in [3.8, 4) is 0 Å². The SMILES string of the molecule is CCN(CC)C1CCN(C(=O)C(C)(C)NC)C1. The van der Waals surface area contributed by atoms with Crippen LogP contribution in [0.5, 0.6) is 0 Å². The van der Waals surface area contributed by atoms with Crippen molar-refractivity contribution in [3.63, 3.8) is 0 Å². The Kier molecular flexibility index (Phi) is 4.95. The van der Waals surface area contributed by atoms with E-state index in [1.807, 2.05) is 25.8 Å². The Morgan fingerprint density at radius 1 is 1.41 bits per heavy atom. The maximum absolute atomic E-state index is 12.3. The lowest BCUT2D eigenvalue weighted by Gasteiger charge is -2.30. The highest BCUT2D eigenvalue weighted by atomic mass is 16.2. The van der Waals surface area contributed by atoms with Crippen LogP contribution in [0.3, 0.4) is 0 Å². The number of rotatable bonds is 5. The molecule has 1 fully saturated rings. The molecular weight excluding hydrogens is 214 g/mol. The molecule has 1 heterocycles. The van der Waals surface area contributed by atoms with Crippen LogP contribution in [0.2, 0.25) is 0 Å². The maximum Gasteiger partial charge on any atom is 0.242 e. The number of nitrogens with zero attached hydrogens (tertiary/aromatic N) is 2. The largest absolute Gasteiger partial charge is 0.339 e. The molecule has 1 aliphatic rings. The van der Waals surface area contributed by atoms with Crippen LogP contribution < -0.4 is 5.32 Å². The number of carbonyl (C=O) groups is 1. The molecule has 4 heteroatoms. The van der Waals surface area contributed by atoms with E-state index in [2.05, 4.69) is 24.1 Å². The van der Waals surface area contributed by atoms with E-state index in [1.54, 1.807) is 0 Å². The normalized spacial score (nSPS) is 21.3. The smallest absolute Gasteiger partial charge is 0.242 e. The van der Waals surface area contributed by atoms with Gasteiger partial charge in [-0.25, -0.2) is 0 Å². The van der Waals surface area contributed by atoms with E-state index in [0.717, 1.165) is 32.6 Å². The summed E-state index contributed by atoms with van der Waals surface area (Å²) >= 11 is 0. The molecule has 1 atom stereocenters. The fourth-order valence-corrected chi connectivity index (χ4v) is 2.47. The third-order valence-electron chi connectivity index (χ3n) is 3.94. The average molecular weight is 241 g/mol. The van der Waals surface area contributed by atoms with Crippen LogP contribution in [0.4, 0.5) is 0 Å². The molecule has 1 unspecified atom stereocenters. The fraction of sp³-hybridized carbons (Fsp3) is 0.923.